The molecule has 1 aromatic carbocycles. The third-order valence-electron chi connectivity index (χ3n) is 10.5. The molecule has 5 N–H and O–H groups in total. The smallest absolute Gasteiger partial charge is 0.247 e. The van der Waals surface area contributed by atoms with Gasteiger partial charge in [0.1, 0.15) is 24.9 Å². The van der Waals surface area contributed by atoms with Crippen molar-refractivity contribution in [2.45, 2.75) is 44.7 Å². The molecule has 0 saturated carbocycles. The van der Waals surface area contributed by atoms with E-state index in [9.17, 15) is 19.8 Å². The van der Waals surface area contributed by atoms with Gasteiger partial charge < -0.3 is 55.1 Å². The summed E-state index contributed by atoms with van der Waals surface area (Å²) in [5, 5.41) is 39.3. The fourth-order valence-corrected chi connectivity index (χ4v) is 7.08. The van der Waals surface area contributed by atoms with E-state index in [4.69, 9.17) is 41.3 Å². The fourth-order valence-electron chi connectivity index (χ4n) is 7.08. The highest BCUT2D eigenvalue weighted by Gasteiger charge is 2.32. The number of hydrogen-bond acceptors (Lipinski definition) is 18. The zero-order valence-corrected chi connectivity index (χ0v) is 36.9. The third kappa shape index (κ3) is 15.0. The molecule has 348 valence electrons. The predicted molar refractivity (Wildman–Crippen MR) is 238 cm³/mol. The third-order valence-corrected chi connectivity index (χ3v) is 10.5. The topological polar surface area (TPSA) is 253 Å². The van der Waals surface area contributed by atoms with Gasteiger partial charge in [-0.05, 0) is 43.5 Å². The maximum atomic E-state index is 14.2. The molecule has 0 unspecified atom stereocenters. The lowest BCUT2D eigenvalue weighted by Gasteiger charge is -2.37. The summed E-state index contributed by atoms with van der Waals surface area (Å²) >= 11 is 0. The number of rotatable bonds is 25. The van der Waals surface area contributed by atoms with Gasteiger partial charge in [0.15, 0.2) is 0 Å². The second kappa shape index (κ2) is 26.2. The Kier molecular flexibility index (Phi) is 20.2. The zero-order chi connectivity index (χ0) is 44.2. The van der Waals surface area contributed by atoms with Crippen LogP contribution in [0.1, 0.15) is 35.8 Å². The lowest BCUT2D eigenvalue weighted by molar-refractivity contribution is -0.135. The van der Waals surface area contributed by atoms with Crippen molar-refractivity contribution in [2.75, 3.05) is 127 Å². The molecule has 1 atom stereocenters. The van der Waals surface area contributed by atoms with Crippen molar-refractivity contribution in [1.82, 2.24) is 54.7 Å². The lowest BCUT2D eigenvalue weighted by atomic mass is 10.0. The minimum atomic E-state index is -0.687. The van der Waals surface area contributed by atoms with Crippen LogP contribution in [0.5, 0.6) is 5.75 Å². The maximum Gasteiger partial charge on any atom is 0.247 e. The van der Waals surface area contributed by atoms with E-state index in [-0.39, 0.29) is 49.7 Å². The monoisotopic (exact) mass is 909 g/mol. The maximum absolute atomic E-state index is 14.2. The Labute approximate surface area is 378 Å². The predicted octanol–water partition coefficient (Wildman–Crippen LogP) is -0.425. The number of phenols is 1. The number of unbranched alkanes of at least 4 members (excludes halogenated alkanes) is 1. The average Bonchev–Trinajstić information content (AvgIpc) is 3.97. The summed E-state index contributed by atoms with van der Waals surface area (Å²) in [6, 6.07) is 6.05. The van der Waals surface area contributed by atoms with Crippen LogP contribution >= 0.6 is 12.4 Å². The number of carbonyl (C=O) groups is 2. The van der Waals surface area contributed by atoms with Crippen LogP contribution in [0, 0.1) is 12.3 Å². The van der Waals surface area contributed by atoms with E-state index in [1.807, 2.05) is 20.9 Å². The Hall–Kier alpha value is -5.70. The molecule has 64 heavy (non-hydrogen) atoms. The summed E-state index contributed by atoms with van der Waals surface area (Å²) in [4.78, 5) is 49.6. The van der Waals surface area contributed by atoms with Crippen molar-refractivity contribution in [3.8, 4) is 18.1 Å². The molecule has 0 radical (unpaired) electrons. The molecule has 0 bridgehead atoms. The van der Waals surface area contributed by atoms with Crippen molar-refractivity contribution >= 4 is 42.1 Å². The number of aromatic nitrogens is 9. The van der Waals surface area contributed by atoms with Crippen molar-refractivity contribution in [1.29, 1.82) is 0 Å². The number of aliphatic hydroxyl groups excluding tert-OH is 1. The molecule has 2 aliphatic rings. The average molecular weight is 910 g/mol. The molecule has 2 aliphatic heterocycles. The quantitative estimate of drug-likeness (QED) is 0.0487. The highest BCUT2D eigenvalue weighted by molar-refractivity contribution is 5.85. The molecule has 23 heteroatoms. The zero-order valence-electron chi connectivity index (χ0n) is 36.1. The van der Waals surface area contributed by atoms with Gasteiger partial charge in [0, 0.05) is 90.7 Å². The number of amides is 2. The van der Waals surface area contributed by atoms with Gasteiger partial charge in [0.25, 0.3) is 0 Å². The molecule has 3 aromatic heterocycles. The number of nitrogens with zero attached hydrogens (tertiary/aromatic N) is 13. The normalized spacial score (nSPS) is 14.6. The number of aromatic hydroxyl groups is 1. The summed E-state index contributed by atoms with van der Waals surface area (Å²) < 4.78 is 19.6. The molecular weight excluding hydrogens is 850 g/mol. The van der Waals surface area contributed by atoms with Crippen LogP contribution in [0.3, 0.4) is 0 Å². The molecule has 0 aliphatic carbocycles. The van der Waals surface area contributed by atoms with Gasteiger partial charge in [0.05, 0.1) is 44.4 Å². The summed E-state index contributed by atoms with van der Waals surface area (Å²) in [5.41, 5.74) is 7.90. The van der Waals surface area contributed by atoms with Gasteiger partial charge in [-0.15, -0.1) is 29.0 Å². The van der Waals surface area contributed by atoms with Gasteiger partial charge in [-0.2, -0.15) is 15.0 Å². The first-order valence-corrected chi connectivity index (χ1v) is 21.4. The second-order valence-electron chi connectivity index (χ2n) is 15.1. The number of phenolic OH excluding ortho intramolecular Hbond substituents is 1. The number of halogens is 1. The van der Waals surface area contributed by atoms with Crippen LogP contribution in [-0.4, -0.2) is 188 Å². The van der Waals surface area contributed by atoms with Gasteiger partial charge in [0.2, 0.25) is 29.7 Å². The Bertz CT molecular complexity index is 2050. The first kappa shape index (κ1) is 49.3. The van der Waals surface area contributed by atoms with E-state index < -0.39 is 6.04 Å². The Balaban J connectivity index is 0.00000771. The van der Waals surface area contributed by atoms with E-state index in [1.54, 1.807) is 44.7 Å². The van der Waals surface area contributed by atoms with Gasteiger partial charge in [-0.3, -0.25) is 9.59 Å². The number of nitrogens with one attached hydrogen (secondary N) is 1. The molecule has 2 saturated heterocycles. The number of aliphatic hydroxyl groups is 1. The van der Waals surface area contributed by atoms with Crippen LogP contribution < -0.4 is 20.9 Å². The largest absolute Gasteiger partial charge is 0.508 e. The van der Waals surface area contributed by atoms with Gasteiger partial charge in [-0.25, -0.2) is 9.36 Å². The van der Waals surface area contributed by atoms with E-state index in [2.05, 4.69) is 31.9 Å². The molecule has 2 fully saturated rings. The summed E-state index contributed by atoms with van der Waals surface area (Å²) in [6.07, 6.45) is 12.0. The molecule has 0 spiro atoms. The van der Waals surface area contributed by atoms with Crippen LogP contribution in [0.2, 0.25) is 0 Å². The number of aryl methyl sites for hydroxylation is 1. The molecule has 2 amide bonds. The second-order valence-corrected chi connectivity index (χ2v) is 15.1. The highest BCUT2D eigenvalue weighted by atomic mass is 35.5. The van der Waals surface area contributed by atoms with Crippen molar-refractivity contribution in [3.63, 3.8) is 0 Å². The Morgan fingerprint density at radius 3 is 2.08 bits per heavy atom. The molecular formula is C41H60ClN15O7. The summed E-state index contributed by atoms with van der Waals surface area (Å²) in [7, 11) is 0. The fraction of sp³-hybridized carbons (Fsp3) is 0.585. The SMILES string of the molecule is C#CCOCCOCCOCCNc1nc(N2CCN(C(=O)Cn3cc(CCCCN)nn3)CC2)nc(N2CCN(C(=O)[C@H](Cc3ccc(O)cc3)n3cc(CCO)nn3)CC2)n1.Cl. The number of hydrogen-bond donors (Lipinski definition) is 4. The van der Waals surface area contributed by atoms with Crippen LogP contribution in [0.15, 0.2) is 36.7 Å². The lowest BCUT2D eigenvalue weighted by Crippen LogP contribution is -2.52. The number of ether oxygens (including phenoxy) is 3. The van der Waals surface area contributed by atoms with E-state index in [0.717, 1.165) is 30.5 Å². The number of nitrogens with two attached hydrogens (primary N) is 1. The number of anilines is 3. The first-order valence-electron chi connectivity index (χ1n) is 21.4. The summed E-state index contributed by atoms with van der Waals surface area (Å²) in [6.45, 7) is 7.11. The summed E-state index contributed by atoms with van der Waals surface area (Å²) in [5.74, 6) is 3.72. The van der Waals surface area contributed by atoms with Gasteiger partial charge >= 0.3 is 0 Å². The van der Waals surface area contributed by atoms with E-state index in [0.29, 0.717) is 135 Å². The number of benzene rings is 1. The van der Waals surface area contributed by atoms with Crippen LogP contribution in [-0.2, 0) is 49.6 Å². The molecule has 4 aromatic rings. The van der Waals surface area contributed by atoms with Crippen molar-refractivity contribution in [2.24, 2.45) is 5.73 Å². The molecule has 22 nitrogen and oxygen atoms in total. The molecule has 5 heterocycles. The number of terminal acetylenes is 1. The Morgan fingerprint density at radius 1 is 0.797 bits per heavy atom. The highest BCUT2D eigenvalue weighted by Crippen LogP contribution is 2.23. The number of piperazine rings is 2. The molecule has 6 rings (SSSR count). The van der Waals surface area contributed by atoms with Crippen LogP contribution in [0.25, 0.3) is 0 Å². The van der Waals surface area contributed by atoms with Crippen LogP contribution in [0.4, 0.5) is 17.8 Å². The Morgan fingerprint density at radius 2 is 1.42 bits per heavy atom. The number of carbonyl (C=O) groups excluding carboxylic acids is 2. The standard InChI is InChI=1S/C41H59N15O7.ClH/c1-2-22-61-24-26-63-27-25-62-23-12-43-39-44-40(53-17-13-51(14-18-53)37(59)31-55-29-33(47-49-55)5-3-4-11-42)46-41(45-39)54-19-15-52(16-20-54)38(60)36(28-32-6-8-35(58)9-7-32)56-30-34(10-21-57)48-50-56;/h1,6-9,29-30,36,57-58H,3-5,10-28,31,42H2,(H,43,44,45,46);1H/t36-;/m0./s1. The van der Waals surface area contributed by atoms with Gasteiger partial charge in [-0.1, -0.05) is 28.5 Å². The first-order chi connectivity index (χ1) is 30.8. The van der Waals surface area contributed by atoms with E-state index >= 15 is 0 Å². The minimum Gasteiger partial charge on any atom is -0.508 e. The minimum absolute atomic E-state index is 0. The van der Waals surface area contributed by atoms with E-state index in [1.165, 1.54) is 0 Å². The van der Waals surface area contributed by atoms with Crippen molar-refractivity contribution in [3.05, 3.63) is 53.6 Å². The van der Waals surface area contributed by atoms with Crippen molar-refractivity contribution < 1.29 is 34.0 Å².